The molecule has 0 spiro atoms. The number of nitro groups is 1. The van der Waals surface area contributed by atoms with Crippen molar-refractivity contribution in [3.63, 3.8) is 0 Å². The van der Waals surface area contributed by atoms with Gasteiger partial charge in [-0.25, -0.2) is 0 Å². The van der Waals surface area contributed by atoms with Crippen molar-refractivity contribution in [3.05, 3.63) is 34.4 Å². The monoisotopic (exact) mass is 228 g/mol. The minimum absolute atomic E-state index is 0.0601. The van der Waals surface area contributed by atoms with Gasteiger partial charge in [0.1, 0.15) is 0 Å². The molecular weight excluding hydrogens is 225 g/mol. The van der Waals surface area contributed by atoms with Gasteiger partial charge in [0.25, 0.3) is 0 Å². The molecule has 0 N–H and O–H groups in total. The van der Waals surface area contributed by atoms with E-state index in [1.165, 1.54) is 12.1 Å². The number of nitro benzene ring substituents is 1. The van der Waals surface area contributed by atoms with Crippen LogP contribution in [-0.2, 0) is 25.2 Å². The SMILES string of the molecule is O=[N+]([O-])c1cccc([O][Zr])c1. The summed E-state index contributed by atoms with van der Waals surface area (Å²) in [5.41, 5.74) is 0.0601. The van der Waals surface area contributed by atoms with Crippen LogP contribution < -0.4 is 2.81 Å². The van der Waals surface area contributed by atoms with Crippen molar-refractivity contribution in [1.29, 1.82) is 0 Å². The van der Waals surface area contributed by atoms with Gasteiger partial charge in [-0.1, -0.05) is 0 Å². The van der Waals surface area contributed by atoms with E-state index in [1.807, 2.05) is 0 Å². The summed E-state index contributed by atoms with van der Waals surface area (Å²) < 4.78 is 4.89. The molecule has 0 aliphatic heterocycles. The predicted octanol–water partition coefficient (Wildman–Crippen LogP) is 1.44. The third-order valence-corrected chi connectivity index (χ3v) is 1.73. The molecule has 0 aliphatic rings. The summed E-state index contributed by atoms with van der Waals surface area (Å²) >= 11 is 0.873. The Kier molecular flexibility index (Phi) is 2.77. The van der Waals surface area contributed by atoms with E-state index < -0.39 is 4.92 Å². The van der Waals surface area contributed by atoms with E-state index in [1.54, 1.807) is 12.1 Å². The van der Waals surface area contributed by atoms with Gasteiger partial charge in [-0.05, 0) is 0 Å². The van der Waals surface area contributed by atoms with Crippen LogP contribution in [0.5, 0.6) is 5.75 Å². The first-order valence-corrected chi connectivity index (χ1v) is 3.82. The Hall–Kier alpha value is -0.697. The fraction of sp³-hybridized carbons (Fsp3) is 0. The van der Waals surface area contributed by atoms with Crippen molar-refractivity contribution < 1.29 is 32.9 Å². The average molecular weight is 229 g/mol. The molecule has 0 radical (unpaired) electrons. The van der Waals surface area contributed by atoms with E-state index in [-0.39, 0.29) is 5.69 Å². The first-order valence-electron chi connectivity index (χ1n) is 2.82. The fourth-order valence-corrected chi connectivity index (χ4v) is 0.973. The van der Waals surface area contributed by atoms with Crippen LogP contribution in [0, 0.1) is 10.1 Å². The molecule has 1 rings (SSSR count). The van der Waals surface area contributed by atoms with Gasteiger partial charge in [0.15, 0.2) is 0 Å². The van der Waals surface area contributed by atoms with Crippen LogP contribution in [0.1, 0.15) is 0 Å². The van der Waals surface area contributed by atoms with E-state index in [0.717, 1.165) is 25.2 Å². The molecule has 0 fully saturated rings. The molecule has 5 heteroatoms. The Bertz CT molecular complexity index is 276. The Labute approximate surface area is 78.8 Å². The second-order valence-electron chi connectivity index (χ2n) is 1.86. The van der Waals surface area contributed by atoms with E-state index in [9.17, 15) is 10.1 Å². The standard InChI is InChI=1S/C6H5NO3.Zr/c8-6-3-1-2-5(4-6)7(9)10;/h1-4,8H;/q;+1/p-1. The summed E-state index contributed by atoms with van der Waals surface area (Å²) in [5, 5.41) is 10.2. The maximum absolute atomic E-state index is 10.2. The minimum atomic E-state index is -0.446. The van der Waals surface area contributed by atoms with Crippen LogP contribution in [0.25, 0.3) is 0 Å². The van der Waals surface area contributed by atoms with E-state index in [4.69, 9.17) is 2.81 Å². The molecule has 0 bridgehead atoms. The van der Waals surface area contributed by atoms with Crippen LogP contribution in [0.2, 0.25) is 0 Å². The van der Waals surface area contributed by atoms with Gasteiger partial charge in [0.05, 0.1) is 0 Å². The summed E-state index contributed by atoms with van der Waals surface area (Å²) in [6, 6.07) is 6.10. The summed E-state index contributed by atoms with van der Waals surface area (Å²) in [7, 11) is 0. The van der Waals surface area contributed by atoms with Crippen molar-refractivity contribution >= 4 is 5.69 Å². The summed E-state index contributed by atoms with van der Waals surface area (Å²) in [6.07, 6.45) is 0. The quantitative estimate of drug-likeness (QED) is 0.569. The molecule has 11 heavy (non-hydrogen) atoms. The second kappa shape index (κ2) is 3.62. The Morgan fingerprint density at radius 2 is 2.27 bits per heavy atom. The molecule has 1 aromatic carbocycles. The zero-order chi connectivity index (χ0) is 8.27. The zero-order valence-corrected chi connectivity index (χ0v) is 7.94. The Morgan fingerprint density at radius 1 is 1.55 bits per heavy atom. The molecule has 0 saturated carbocycles. The summed E-state index contributed by atoms with van der Waals surface area (Å²) in [4.78, 5) is 9.78. The molecular formula is C6H4NO3Zr. The molecule has 0 aliphatic carbocycles. The first kappa shape index (κ1) is 8.40. The first-order chi connectivity index (χ1) is 5.24. The van der Waals surface area contributed by atoms with Crippen LogP contribution in [-0.4, -0.2) is 4.92 Å². The van der Waals surface area contributed by atoms with Gasteiger partial charge in [-0.2, -0.15) is 0 Å². The number of hydrogen-bond donors (Lipinski definition) is 0. The number of nitrogens with zero attached hydrogens (tertiary/aromatic N) is 1. The van der Waals surface area contributed by atoms with Crippen LogP contribution >= 0.6 is 0 Å². The molecule has 4 nitrogen and oxygen atoms in total. The maximum atomic E-state index is 10.2. The Morgan fingerprint density at radius 3 is 2.82 bits per heavy atom. The van der Waals surface area contributed by atoms with Crippen molar-refractivity contribution in [2.45, 2.75) is 0 Å². The summed E-state index contributed by atoms with van der Waals surface area (Å²) in [5.74, 6) is 0.539. The third kappa shape index (κ3) is 2.12. The molecule has 1 aromatic rings. The van der Waals surface area contributed by atoms with Crippen LogP contribution in [0.3, 0.4) is 0 Å². The molecule has 0 unspecified atom stereocenters. The van der Waals surface area contributed by atoms with Crippen molar-refractivity contribution in [2.75, 3.05) is 0 Å². The number of hydrogen-bond acceptors (Lipinski definition) is 3. The van der Waals surface area contributed by atoms with Gasteiger partial charge in [0.2, 0.25) is 0 Å². The fourth-order valence-electron chi connectivity index (χ4n) is 0.661. The number of benzene rings is 1. The van der Waals surface area contributed by atoms with Crippen molar-refractivity contribution in [1.82, 2.24) is 0 Å². The van der Waals surface area contributed by atoms with E-state index in [2.05, 4.69) is 0 Å². The van der Waals surface area contributed by atoms with E-state index in [0.29, 0.717) is 5.75 Å². The normalized spacial score (nSPS) is 9.00. The topological polar surface area (TPSA) is 52.4 Å². The molecule has 0 heterocycles. The molecule has 0 saturated heterocycles. The van der Waals surface area contributed by atoms with Gasteiger partial charge in [-0.3, -0.25) is 0 Å². The van der Waals surface area contributed by atoms with Crippen LogP contribution in [0.15, 0.2) is 24.3 Å². The molecule has 0 aromatic heterocycles. The van der Waals surface area contributed by atoms with Gasteiger partial charge >= 0.3 is 78.7 Å². The number of non-ortho nitro benzene ring substituents is 1. The zero-order valence-electron chi connectivity index (χ0n) is 5.48. The van der Waals surface area contributed by atoms with Gasteiger partial charge in [0, 0.05) is 0 Å². The second-order valence-corrected chi connectivity index (χ2v) is 2.36. The molecule has 0 amide bonds. The molecule has 0 atom stereocenters. The summed E-state index contributed by atoms with van der Waals surface area (Å²) in [6.45, 7) is 0. The number of rotatable bonds is 2. The van der Waals surface area contributed by atoms with Gasteiger partial charge in [-0.15, -0.1) is 0 Å². The van der Waals surface area contributed by atoms with Crippen LogP contribution in [0.4, 0.5) is 5.69 Å². The Balaban J connectivity index is 3.01. The molecule has 55 valence electrons. The van der Waals surface area contributed by atoms with Gasteiger partial charge < -0.3 is 0 Å². The van der Waals surface area contributed by atoms with Crippen molar-refractivity contribution in [3.8, 4) is 5.75 Å². The van der Waals surface area contributed by atoms with Crippen molar-refractivity contribution in [2.24, 2.45) is 0 Å². The average Bonchev–Trinajstić information content (AvgIpc) is 2.05. The third-order valence-electron chi connectivity index (χ3n) is 1.15. The predicted molar refractivity (Wildman–Crippen MR) is 33.7 cm³/mol. The van der Waals surface area contributed by atoms with E-state index >= 15 is 0 Å².